The molecule has 0 heterocycles. The van der Waals surface area contributed by atoms with Crippen molar-refractivity contribution in [2.75, 3.05) is 19.8 Å². The minimum atomic E-state index is -1.26. The van der Waals surface area contributed by atoms with E-state index >= 15 is 0 Å². The highest BCUT2D eigenvalue weighted by molar-refractivity contribution is 5.82. The molecule has 8 heteroatoms. The van der Waals surface area contributed by atoms with Gasteiger partial charge in [0.2, 0.25) is 0 Å². The summed E-state index contributed by atoms with van der Waals surface area (Å²) in [6, 6.07) is -1.84. The summed E-state index contributed by atoms with van der Waals surface area (Å²) in [5.41, 5.74) is 0. The van der Waals surface area contributed by atoms with Gasteiger partial charge in [0.15, 0.2) is 0 Å². The highest BCUT2D eigenvalue weighted by atomic mass is 16.5. The predicted molar refractivity (Wildman–Crippen MR) is 65.9 cm³/mol. The molecule has 0 aliphatic heterocycles. The summed E-state index contributed by atoms with van der Waals surface area (Å²) in [7, 11) is 0. The van der Waals surface area contributed by atoms with Gasteiger partial charge < -0.3 is 25.6 Å². The van der Waals surface area contributed by atoms with E-state index in [1.165, 1.54) is 0 Å². The SMILES string of the molecule is CCOCCCNC(=O)NC(CCC(=O)O)C(=O)O. The Morgan fingerprint density at radius 1 is 1.26 bits per heavy atom. The average molecular weight is 276 g/mol. The minimum Gasteiger partial charge on any atom is -0.481 e. The molecule has 1 unspecified atom stereocenters. The molecule has 8 nitrogen and oxygen atoms in total. The van der Waals surface area contributed by atoms with E-state index in [9.17, 15) is 14.4 Å². The lowest BCUT2D eigenvalue weighted by atomic mass is 10.1. The van der Waals surface area contributed by atoms with Crippen LogP contribution < -0.4 is 10.6 Å². The first kappa shape index (κ1) is 17.2. The first-order valence-electron chi connectivity index (χ1n) is 6.04. The molecule has 0 saturated heterocycles. The molecule has 0 radical (unpaired) electrons. The van der Waals surface area contributed by atoms with Crippen molar-refractivity contribution in [1.29, 1.82) is 0 Å². The summed E-state index contributed by atoms with van der Waals surface area (Å²) in [5, 5.41) is 22.0. The Bertz CT molecular complexity index is 308. The number of hydrogen-bond acceptors (Lipinski definition) is 4. The maximum Gasteiger partial charge on any atom is 0.326 e. The van der Waals surface area contributed by atoms with Crippen LogP contribution in [0.2, 0.25) is 0 Å². The summed E-state index contributed by atoms with van der Waals surface area (Å²) in [6.07, 6.45) is 0.146. The van der Waals surface area contributed by atoms with E-state index < -0.39 is 24.0 Å². The molecule has 0 aromatic rings. The fraction of sp³-hybridized carbons (Fsp3) is 0.727. The van der Waals surface area contributed by atoms with Gasteiger partial charge in [0, 0.05) is 26.2 Å². The van der Waals surface area contributed by atoms with Gasteiger partial charge in [-0.3, -0.25) is 4.79 Å². The van der Waals surface area contributed by atoms with Crippen molar-refractivity contribution in [2.24, 2.45) is 0 Å². The lowest BCUT2D eigenvalue weighted by Crippen LogP contribution is -2.46. The van der Waals surface area contributed by atoms with Gasteiger partial charge >= 0.3 is 18.0 Å². The van der Waals surface area contributed by atoms with E-state index in [1.54, 1.807) is 0 Å². The topological polar surface area (TPSA) is 125 Å². The van der Waals surface area contributed by atoms with Crippen LogP contribution in [0.4, 0.5) is 4.79 Å². The van der Waals surface area contributed by atoms with Crippen molar-refractivity contribution >= 4 is 18.0 Å². The van der Waals surface area contributed by atoms with Crippen molar-refractivity contribution in [3.05, 3.63) is 0 Å². The molecule has 0 spiro atoms. The lowest BCUT2D eigenvalue weighted by Gasteiger charge is -2.14. The molecule has 0 aliphatic carbocycles. The Morgan fingerprint density at radius 2 is 1.95 bits per heavy atom. The third-order valence-electron chi connectivity index (χ3n) is 2.21. The van der Waals surface area contributed by atoms with E-state index in [0.29, 0.717) is 26.2 Å². The Kier molecular flexibility index (Phi) is 9.15. The molecular formula is C11H20N2O6. The van der Waals surface area contributed by atoms with Crippen LogP contribution in [0.1, 0.15) is 26.2 Å². The van der Waals surface area contributed by atoms with E-state index in [2.05, 4.69) is 10.6 Å². The summed E-state index contributed by atoms with van der Waals surface area (Å²) >= 11 is 0. The summed E-state index contributed by atoms with van der Waals surface area (Å²) in [6.45, 7) is 3.33. The molecule has 0 fully saturated rings. The molecule has 2 amide bonds. The summed E-state index contributed by atoms with van der Waals surface area (Å²) < 4.78 is 5.07. The van der Waals surface area contributed by atoms with Gasteiger partial charge in [-0.1, -0.05) is 0 Å². The van der Waals surface area contributed by atoms with Crippen molar-refractivity contribution < 1.29 is 29.3 Å². The molecular weight excluding hydrogens is 256 g/mol. The number of nitrogens with one attached hydrogen (secondary N) is 2. The van der Waals surface area contributed by atoms with Crippen LogP contribution in [0.25, 0.3) is 0 Å². The van der Waals surface area contributed by atoms with Crippen LogP contribution in [-0.4, -0.2) is 54.0 Å². The number of amides is 2. The number of urea groups is 1. The van der Waals surface area contributed by atoms with Gasteiger partial charge in [-0.25, -0.2) is 9.59 Å². The Balaban J connectivity index is 3.90. The number of rotatable bonds is 10. The smallest absolute Gasteiger partial charge is 0.326 e. The van der Waals surface area contributed by atoms with E-state index in [4.69, 9.17) is 14.9 Å². The number of hydrogen-bond donors (Lipinski definition) is 4. The zero-order valence-electron chi connectivity index (χ0n) is 10.8. The van der Waals surface area contributed by atoms with Gasteiger partial charge in [-0.15, -0.1) is 0 Å². The van der Waals surface area contributed by atoms with Gasteiger partial charge in [-0.2, -0.15) is 0 Å². The number of ether oxygens (including phenoxy) is 1. The fourth-order valence-electron chi connectivity index (χ4n) is 1.25. The fourth-order valence-corrected chi connectivity index (χ4v) is 1.25. The van der Waals surface area contributed by atoms with Crippen LogP contribution in [0.15, 0.2) is 0 Å². The standard InChI is InChI=1S/C11H20N2O6/c1-2-19-7-3-6-12-11(18)13-8(10(16)17)4-5-9(14)15/h8H,2-7H2,1H3,(H,14,15)(H,16,17)(H2,12,13,18). The summed E-state index contributed by atoms with van der Waals surface area (Å²) in [4.78, 5) is 32.5. The second-order valence-corrected chi connectivity index (χ2v) is 3.77. The third-order valence-corrected chi connectivity index (χ3v) is 2.21. The average Bonchev–Trinajstić information content (AvgIpc) is 2.33. The molecule has 0 rings (SSSR count). The second kappa shape index (κ2) is 10.1. The molecule has 110 valence electrons. The van der Waals surface area contributed by atoms with Crippen molar-refractivity contribution in [3.8, 4) is 0 Å². The molecule has 1 atom stereocenters. The number of carboxylic acid groups (broad SMARTS) is 2. The van der Waals surface area contributed by atoms with Gasteiger partial charge in [-0.05, 0) is 19.8 Å². The van der Waals surface area contributed by atoms with E-state index in [0.717, 1.165) is 0 Å². The Labute approximate surface area is 111 Å². The maximum atomic E-state index is 11.4. The van der Waals surface area contributed by atoms with E-state index in [1.807, 2.05) is 6.92 Å². The molecule has 0 bridgehead atoms. The van der Waals surface area contributed by atoms with Crippen LogP contribution >= 0.6 is 0 Å². The van der Waals surface area contributed by atoms with Crippen LogP contribution in [-0.2, 0) is 14.3 Å². The normalized spacial score (nSPS) is 11.6. The van der Waals surface area contributed by atoms with E-state index in [-0.39, 0.29) is 12.8 Å². The number of carbonyl (C=O) groups excluding carboxylic acids is 1. The zero-order valence-corrected chi connectivity index (χ0v) is 10.8. The number of carbonyl (C=O) groups is 3. The van der Waals surface area contributed by atoms with Gasteiger partial charge in [0.05, 0.1) is 0 Å². The highest BCUT2D eigenvalue weighted by Gasteiger charge is 2.20. The van der Waals surface area contributed by atoms with Gasteiger partial charge in [0.1, 0.15) is 6.04 Å². The Hall–Kier alpha value is -1.83. The van der Waals surface area contributed by atoms with Crippen molar-refractivity contribution in [1.82, 2.24) is 10.6 Å². The molecule has 19 heavy (non-hydrogen) atoms. The highest BCUT2D eigenvalue weighted by Crippen LogP contribution is 1.97. The quantitative estimate of drug-likeness (QED) is 0.417. The number of carboxylic acids is 2. The molecule has 0 saturated carbocycles. The van der Waals surface area contributed by atoms with Crippen LogP contribution in [0, 0.1) is 0 Å². The largest absolute Gasteiger partial charge is 0.481 e. The maximum absolute atomic E-state index is 11.4. The molecule has 0 aliphatic rings. The van der Waals surface area contributed by atoms with Crippen molar-refractivity contribution in [2.45, 2.75) is 32.2 Å². The lowest BCUT2D eigenvalue weighted by molar-refractivity contribution is -0.140. The van der Waals surface area contributed by atoms with Crippen LogP contribution in [0.5, 0.6) is 0 Å². The molecule has 0 aromatic heterocycles. The first-order valence-corrected chi connectivity index (χ1v) is 6.04. The van der Waals surface area contributed by atoms with Gasteiger partial charge in [0.25, 0.3) is 0 Å². The molecule has 4 N–H and O–H groups in total. The monoisotopic (exact) mass is 276 g/mol. The minimum absolute atomic E-state index is 0.156. The molecule has 0 aromatic carbocycles. The summed E-state index contributed by atoms with van der Waals surface area (Å²) in [5.74, 6) is -2.36. The first-order chi connectivity index (χ1) is 8.97. The Morgan fingerprint density at radius 3 is 2.47 bits per heavy atom. The third kappa shape index (κ3) is 9.83. The predicted octanol–water partition coefficient (Wildman–Crippen LogP) is 0.0302. The second-order valence-electron chi connectivity index (χ2n) is 3.77. The van der Waals surface area contributed by atoms with Crippen molar-refractivity contribution in [3.63, 3.8) is 0 Å². The zero-order chi connectivity index (χ0) is 14.7. The van der Waals surface area contributed by atoms with Crippen LogP contribution in [0.3, 0.4) is 0 Å². The number of aliphatic carboxylic acids is 2.